The minimum absolute atomic E-state index is 0.267. The maximum atomic E-state index is 13.0. The molecule has 0 bridgehead atoms. The monoisotopic (exact) mass is 526 g/mol. The van der Waals surface area contributed by atoms with Crippen molar-refractivity contribution in [2.45, 2.75) is 62.7 Å². The summed E-state index contributed by atoms with van der Waals surface area (Å²) in [7, 11) is -4.03. The first-order chi connectivity index (χ1) is 16.7. The topological polar surface area (TPSA) is 113 Å². The molecule has 1 aliphatic rings. The molecule has 1 amide bonds. The van der Waals surface area contributed by atoms with Gasteiger partial charge in [-0.25, -0.2) is 13.1 Å². The molecule has 3 N–H and O–H groups in total. The van der Waals surface area contributed by atoms with E-state index in [1.165, 1.54) is 0 Å². The number of rotatable bonds is 8. The number of sulfonamides is 1. The van der Waals surface area contributed by atoms with Crippen molar-refractivity contribution in [3.63, 3.8) is 0 Å². The van der Waals surface area contributed by atoms with E-state index < -0.39 is 51.1 Å². The summed E-state index contributed by atoms with van der Waals surface area (Å²) in [6.07, 6.45) is -3.09. The fourth-order valence-electron chi connectivity index (χ4n) is 4.29. The minimum Gasteiger partial charge on any atom is -0.481 e. The van der Waals surface area contributed by atoms with Crippen LogP contribution in [0.4, 0.5) is 13.2 Å². The molecule has 0 aromatic heterocycles. The molecule has 3 rings (SSSR count). The zero-order valence-electron chi connectivity index (χ0n) is 19.9. The number of aliphatic carboxylic acids is 1. The van der Waals surface area contributed by atoms with Gasteiger partial charge in [-0.1, -0.05) is 30.3 Å². The van der Waals surface area contributed by atoms with E-state index in [0.717, 1.165) is 24.3 Å². The molecular formula is C25H29F3N2O5S. The SMILES string of the molecule is CC(C)(C(=O)O)[C@@H](NC(=O)C1CCC(NS(=O)(=O)c2ccc(C(F)(F)F)cc2)CC1)c1ccccc1. The maximum absolute atomic E-state index is 13.0. The van der Waals surface area contributed by atoms with Crippen LogP contribution in [0.5, 0.6) is 0 Å². The summed E-state index contributed by atoms with van der Waals surface area (Å²) in [5, 5.41) is 12.6. The van der Waals surface area contributed by atoms with E-state index >= 15 is 0 Å². The molecule has 0 unspecified atom stereocenters. The molecule has 2 aromatic carbocycles. The first-order valence-electron chi connectivity index (χ1n) is 11.5. The third kappa shape index (κ3) is 6.44. The lowest BCUT2D eigenvalue weighted by atomic mass is 9.79. The highest BCUT2D eigenvalue weighted by molar-refractivity contribution is 7.89. The molecule has 1 saturated carbocycles. The van der Waals surface area contributed by atoms with E-state index in [-0.39, 0.29) is 10.8 Å². The van der Waals surface area contributed by atoms with E-state index in [9.17, 15) is 36.3 Å². The molecule has 1 aliphatic carbocycles. The highest BCUT2D eigenvalue weighted by Gasteiger charge is 2.40. The summed E-state index contributed by atoms with van der Waals surface area (Å²) in [6, 6.07) is 10.9. The summed E-state index contributed by atoms with van der Waals surface area (Å²) in [5.74, 6) is -1.78. The van der Waals surface area contributed by atoms with Gasteiger partial charge in [-0.2, -0.15) is 13.2 Å². The second-order valence-corrected chi connectivity index (χ2v) is 11.3. The summed E-state index contributed by atoms with van der Waals surface area (Å²) < 4.78 is 66.0. The number of amides is 1. The Hall–Kier alpha value is -2.92. The Morgan fingerprint density at radius 2 is 1.50 bits per heavy atom. The minimum atomic E-state index is -4.56. The number of benzene rings is 2. The molecule has 0 aliphatic heterocycles. The second kappa shape index (κ2) is 10.6. The van der Waals surface area contributed by atoms with Gasteiger partial charge >= 0.3 is 12.1 Å². The summed E-state index contributed by atoms with van der Waals surface area (Å²) in [4.78, 5) is 24.7. The van der Waals surface area contributed by atoms with E-state index in [2.05, 4.69) is 10.0 Å². The van der Waals surface area contributed by atoms with Gasteiger partial charge < -0.3 is 10.4 Å². The van der Waals surface area contributed by atoms with E-state index in [1.807, 2.05) is 0 Å². The number of carboxylic acids is 1. The molecule has 0 saturated heterocycles. The number of carboxylic acid groups (broad SMARTS) is 1. The molecule has 36 heavy (non-hydrogen) atoms. The van der Waals surface area contributed by atoms with Gasteiger partial charge in [0.25, 0.3) is 0 Å². The third-order valence-corrected chi connectivity index (χ3v) is 8.14. The van der Waals surface area contributed by atoms with Gasteiger partial charge in [0.15, 0.2) is 0 Å². The molecule has 1 atom stereocenters. The van der Waals surface area contributed by atoms with Crippen molar-refractivity contribution in [3.05, 3.63) is 65.7 Å². The normalized spacial score (nSPS) is 19.9. The quantitative estimate of drug-likeness (QED) is 0.469. The van der Waals surface area contributed by atoms with Crippen LogP contribution in [0.15, 0.2) is 59.5 Å². The Morgan fingerprint density at radius 1 is 0.944 bits per heavy atom. The van der Waals surface area contributed by atoms with Gasteiger partial charge in [0.2, 0.25) is 15.9 Å². The van der Waals surface area contributed by atoms with Crippen LogP contribution in [0.25, 0.3) is 0 Å². The van der Waals surface area contributed by atoms with Gasteiger partial charge in [0.1, 0.15) is 0 Å². The number of alkyl halides is 3. The molecule has 0 radical (unpaired) electrons. The van der Waals surface area contributed by atoms with Crippen LogP contribution in [0.2, 0.25) is 0 Å². The Kier molecular flexibility index (Phi) is 8.14. The highest BCUT2D eigenvalue weighted by atomic mass is 32.2. The molecule has 196 valence electrons. The zero-order chi connectivity index (χ0) is 26.7. The summed E-state index contributed by atoms with van der Waals surface area (Å²) in [5.41, 5.74) is -1.55. The van der Waals surface area contributed by atoms with Gasteiger partial charge in [-0.3, -0.25) is 9.59 Å². The molecule has 2 aromatic rings. The average Bonchev–Trinajstić information content (AvgIpc) is 2.82. The Morgan fingerprint density at radius 3 is 2.00 bits per heavy atom. The first kappa shape index (κ1) is 27.7. The van der Waals surface area contributed by atoms with Crippen molar-refractivity contribution in [2.24, 2.45) is 11.3 Å². The van der Waals surface area contributed by atoms with Crippen molar-refractivity contribution < 1.29 is 36.3 Å². The number of hydrogen-bond donors (Lipinski definition) is 3. The Bertz CT molecular complexity index is 1170. The molecule has 0 spiro atoms. The van der Waals surface area contributed by atoms with Gasteiger partial charge in [0, 0.05) is 12.0 Å². The van der Waals surface area contributed by atoms with Crippen molar-refractivity contribution in [3.8, 4) is 0 Å². The largest absolute Gasteiger partial charge is 0.481 e. The number of hydrogen-bond acceptors (Lipinski definition) is 4. The smallest absolute Gasteiger partial charge is 0.416 e. The van der Waals surface area contributed by atoms with Crippen LogP contribution in [-0.2, 0) is 25.8 Å². The van der Waals surface area contributed by atoms with E-state index in [0.29, 0.717) is 31.2 Å². The maximum Gasteiger partial charge on any atom is 0.416 e. The lowest BCUT2D eigenvalue weighted by Crippen LogP contribution is -2.46. The number of halogens is 3. The van der Waals surface area contributed by atoms with Crippen LogP contribution in [0, 0.1) is 11.3 Å². The van der Waals surface area contributed by atoms with Crippen molar-refractivity contribution >= 4 is 21.9 Å². The predicted octanol–water partition coefficient (Wildman–Crippen LogP) is 4.51. The number of carbonyl (C=O) groups is 2. The average molecular weight is 527 g/mol. The molecule has 11 heteroatoms. The summed E-state index contributed by atoms with van der Waals surface area (Å²) in [6.45, 7) is 3.08. The molecule has 7 nitrogen and oxygen atoms in total. The molecule has 1 fully saturated rings. The Labute approximate surface area is 208 Å². The van der Waals surface area contributed by atoms with Crippen molar-refractivity contribution in [2.75, 3.05) is 0 Å². The molecular weight excluding hydrogens is 497 g/mol. The van der Waals surface area contributed by atoms with Crippen LogP contribution in [0.3, 0.4) is 0 Å². The van der Waals surface area contributed by atoms with Gasteiger partial charge in [0.05, 0.1) is 21.9 Å². The lowest BCUT2D eigenvalue weighted by Gasteiger charge is -2.34. The second-order valence-electron chi connectivity index (χ2n) is 9.57. The van der Waals surface area contributed by atoms with Crippen molar-refractivity contribution in [1.82, 2.24) is 10.0 Å². The van der Waals surface area contributed by atoms with E-state index in [4.69, 9.17) is 0 Å². The van der Waals surface area contributed by atoms with Crippen LogP contribution < -0.4 is 10.0 Å². The first-order valence-corrected chi connectivity index (χ1v) is 13.0. The zero-order valence-corrected chi connectivity index (χ0v) is 20.7. The number of nitrogens with one attached hydrogen (secondary N) is 2. The van der Waals surface area contributed by atoms with Crippen LogP contribution >= 0.6 is 0 Å². The van der Waals surface area contributed by atoms with Gasteiger partial charge in [-0.05, 0) is 69.4 Å². The third-order valence-electron chi connectivity index (χ3n) is 6.60. The molecule has 0 heterocycles. The number of carbonyl (C=O) groups excluding carboxylic acids is 1. The van der Waals surface area contributed by atoms with Gasteiger partial charge in [-0.15, -0.1) is 0 Å². The fourth-order valence-corrected chi connectivity index (χ4v) is 5.60. The highest BCUT2D eigenvalue weighted by Crippen LogP contribution is 2.35. The standard InChI is InChI=1S/C25H29F3N2O5S/c1-24(2,23(32)33)21(16-6-4-3-5-7-16)29-22(31)17-8-12-19(13-9-17)30-36(34,35)20-14-10-18(11-15-20)25(26,27)28/h3-7,10-11,14-15,17,19,21,30H,8-9,12-13H2,1-2H3,(H,29,31)(H,32,33)/t17?,19?,21-/m0/s1. The Balaban J connectivity index is 1.62. The van der Waals surface area contributed by atoms with Crippen LogP contribution in [0.1, 0.15) is 56.7 Å². The van der Waals surface area contributed by atoms with Crippen LogP contribution in [-0.4, -0.2) is 31.4 Å². The lowest BCUT2D eigenvalue weighted by molar-refractivity contribution is -0.149. The fraction of sp³-hybridized carbons (Fsp3) is 0.440. The predicted molar refractivity (Wildman–Crippen MR) is 126 cm³/mol. The summed E-state index contributed by atoms with van der Waals surface area (Å²) >= 11 is 0. The van der Waals surface area contributed by atoms with E-state index in [1.54, 1.807) is 44.2 Å². The van der Waals surface area contributed by atoms with Crippen molar-refractivity contribution in [1.29, 1.82) is 0 Å².